The van der Waals surface area contributed by atoms with Crippen molar-refractivity contribution in [2.45, 2.75) is 25.3 Å². The minimum absolute atomic E-state index is 0.104. The van der Waals surface area contributed by atoms with Crippen LogP contribution < -0.4 is 10.5 Å². The highest BCUT2D eigenvalue weighted by atomic mass is 79.9. The van der Waals surface area contributed by atoms with E-state index in [0.717, 1.165) is 25.3 Å². The molecule has 0 bridgehead atoms. The third-order valence-corrected chi connectivity index (χ3v) is 4.60. The second-order valence-corrected chi connectivity index (χ2v) is 5.79. The number of aromatic nitrogens is 2. The largest absolute Gasteiger partial charge is 0.354 e. The number of hydrogen-bond donors (Lipinski definition) is 1. The van der Waals surface area contributed by atoms with Crippen molar-refractivity contribution < 1.29 is 0 Å². The molecular formula is C12H17BrN4O. The summed E-state index contributed by atoms with van der Waals surface area (Å²) in [5.41, 5.74) is -0.104. The predicted molar refractivity (Wildman–Crippen MR) is 74.0 cm³/mol. The van der Waals surface area contributed by atoms with Gasteiger partial charge in [-0.3, -0.25) is 9.69 Å². The molecule has 3 rings (SSSR count). The first-order valence-electron chi connectivity index (χ1n) is 6.48. The van der Waals surface area contributed by atoms with Crippen molar-refractivity contribution in [2.24, 2.45) is 0 Å². The van der Waals surface area contributed by atoms with Gasteiger partial charge in [0.2, 0.25) is 0 Å². The molecule has 0 saturated carbocycles. The van der Waals surface area contributed by atoms with Crippen molar-refractivity contribution in [2.75, 3.05) is 31.1 Å². The Morgan fingerprint density at radius 3 is 3.06 bits per heavy atom. The molecule has 0 amide bonds. The van der Waals surface area contributed by atoms with Crippen LogP contribution >= 0.6 is 15.9 Å². The van der Waals surface area contributed by atoms with Crippen LogP contribution in [0.3, 0.4) is 0 Å². The molecule has 3 heterocycles. The Balaban J connectivity index is 1.87. The zero-order chi connectivity index (χ0) is 12.5. The summed E-state index contributed by atoms with van der Waals surface area (Å²) in [5.74, 6) is 0.785. The fraction of sp³-hybridized carbons (Fsp3) is 0.667. The van der Waals surface area contributed by atoms with E-state index in [1.807, 2.05) is 0 Å². The van der Waals surface area contributed by atoms with Gasteiger partial charge < -0.3 is 9.88 Å². The molecule has 98 valence electrons. The van der Waals surface area contributed by atoms with E-state index in [9.17, 15) is 4.79 Å². The minimum atomic E-state index is -0.104. The maximum Gasteiger partial charge on any atom is 0.267 e. The van der Waals surface area contributed by atoms with Crippen molar-refractivity contribution in [3.8, 4) is 0 Å². The van der Waals surface area contributed by atoms with Gasteiger partial charge in [0.1, 0.15) is 10.3 Å². The number of nitrogens with one attached hydrogen (secondary N) is 1. The molecule has 0 spiro atoms. The molecule has 1 atom stereocenters. The number of rotatable bonds is 1. The van der Waals surface area contributed by atoms with Crippen molar-refractivity contribution >= 4 is 21.7 Å². The molecule has 2 fully saturated rings. The fourth-order valence-electron chi connectivity index (χ4n) is 2.99. The SMILES string of the molecule is O=c1[nH]cnc(N2CCCN3CCCC3C2)c1Br. The van der Waals surface area contributed by atoms with E-state index in [1.54, 1.807) is 0 Å². The summed E-state index contributed by atoms with van der Waals surface area (Å²) in [6.07, 6.45) is 5.18. The van der Waals surface area contributed by atoms with E-state index in [1.165, 1.54) is 32.3 Å². The predicted octanol–water partition coefficient (Wildman–Crippen LogP) is 1.21. The smallest absolute Gasteiger partial charge is 0.267 e. The zero-order valence-corrected chi connectivity index (χ0v) is 11.8. The molecule has 1 aromatic heterocycles. The highest BCUT2D eigenvalue weighted by molar-refractivity contribution is 9.10. The van der Waals surface area contributed by atoms with Gasteiger partial charge in [-0.2, -0.15) is 0 Å². The van der Waals surface area contributed by atoms with Crippen molar-refractivity contribution in [1.82, 2.24) is 14.9 Å². The number of nitrogens with zero attached hydrogens (tertiary/aromatic N) is 3. The molecule has 6 heteroatoms. The topological polar surface area (TPSA) is 52.2 Å². The van der Waals surface area contributed by atoms with Crippen molar-refractivity contribution in [1.29, 1.82) is 0 Å². The fourth-order valence-corrected chi connectivity index (χ4v) is 3.46. The first-order valence-corrected chi connectivity index (χ1v) is 7.27. The van der Waals surface area contributed by atoms with Gasteiger partial charge in [-0.25, -0.2) is 4.98 Å². The Hall–Kier alpha value is -0.880. The van der Waals surface area contributed by atoms with Crippen molar-refractivity contribution in [3.05, 3.63) is 21.2 Å². The van der Waals surface area contributed by atoms with Crippen LogP contribution in [0, 0.1) is 0 Å². The van der Waals surface area contributed by atoms with Gasteiger partial charge in [0.15, 0.2) is 0 Å². The monoisotopic (exact) mass is 312 g/mol. The molecule has 0 aliphatic carbocycles. The lowest BCUT2D eigenvalue weighted by atomic mass is 10.2. The Bertz CT molecular complexity index is 489. The van der Waals surface area contributed by atoms with Gasteiger partial charge in [0.25, 0.3) is 5.56 Å². The first kappa shape index (κ1) is 12.2. The zero-order valence-electron chi connectivity index (χ0n) is 10.2. The van der Waals surface area contributed by atoms with Crippen LogP contribution in [0.15, 0.2) is 15.6 Å². The van der Waals surface area contributed by atoms with E-state index in [-0.39, 0.29) is 5.56 Å². The van der Waals surface area contributed by atoms with Gasteiger partial charge in [-0.05, 0) is 41.7 Å². The van der Waals surface area contributed by atoms with Gasteiger partial charge >= 0.3 is 0 Å². The third-order valence-electron chi connectivity index (χ3n) is 3.88. The van der Waals surface area contributed by atoms with E-state index < -0.39 is 0 Å². The molecule has 18 heavy (non-hydrogen) atoms. The van der Waals surface area contributed by atoms with Crippen LogP contribution in [0.4, 0.5) is 5.82 Å². The van der Waals surface area contributed by atoms with E-state index >= 15 is 0 Å². The third kappa shape index (κ3) is 2.19. The molecule has 0 aromatic carbocycles. The number of fused-ring (bicyclic) bond motifs is 1. The Morgan fingerprint density at radius 2 is 2.17 bits per heavy atom. The minimum Gasteiger partial charge on any atom is -0.354 e. The Morgan fingerprint density at radius 1 is 1.33 bits per heavy atom. The summed E-state index contributed by atoms with van der Waals surface area (Å²) >= 11 is 3.35. The molecule has 5 nitrogen and oxygen atoms in total. The summed E-state index contributed by atoms with van der Waals surface area (Å²) in [6.45, 7) is 4.35. The standard InChI is InChI=1S/C12H17BrN4O/c13-10-11(14-8-15-12(10)18)17-6-2-5-16-4-1-3-9(16)7-17/h8-9H,1-7H2,(H,14,15,18). The summed E-state index contributed by atoms with van der Waals surface area (Å²) in [5, 5.41) is 0. The van der Waals surface area contributed by atoms with Gasteiger partial charge in [-0.15, -0.1) is 0 Å². The lowest BCUT2D eigenvalue weighted by Gasteiger charge is -2.26. The average Bonchev–Trinajstić information content (AvgIpc) is 2.70. The molecule has 2 aliphatic rings. The van der Waals surface area contributed by atoms with Crippen LogP contribution in [0.1, 0.15) is 19.3 Å². The highest BCUT2D eigenvalue weighted by Crippen LogP contribution is 2.26. The second kappa shape index (κ2) is 5.01. The van der Waals surface area contributed by atoms with E-state index in [0.29, 0.717) is 10.5 Å². The number of aromatic amines is 1. The van der Waals surface area contributed by atoms with Crippen LogP contribution in [-0.2, 0) is 0 Å². The summed E-state index contributed by atoms with van der Waals surface area (Å²) in [7, 11) is 0. The lowest BCUT2D eigenvalue weighted by Crippen LogP contribution is -2.37. The maximum absolute atomic E-state index is 11.6. The van der Waals surface area contributed by atoms with Gasteiger partial charge in [0, 0.05) is 25.7 Å². The Kier molecular flexibility index (Phi) is 3.39. The normalized spacial score (nSPS) is 24.9. The highest BCUT2D eigenvalue weighted by Gasteiger charge is 2.29. The molecule has 2 aliphatic heterocycles. The first-order chi connectivity index (χ1) is 8.75. The second-order valence-electron chi connectivity index (χ2n) is 5.00. The quantitative estimate of drug-likeness (QED) is 0.847. The van der Waals surface area contributed by atoms with Gasteiger partial charge in [0.05, 0.1) is 6.33 Å². The number of hydrogen-bond acceptors (Lipinski definition) is 4. The molecule has 1 aromatic rings. The molecule has 1 unspecified atom stereocenters. The van der Waals surface area contributed by atoms with Crippen LogP contribution in [0.5, 0.6) is 0 Å². The van der Waals surface area contributed by atoms with Gasteiger partial charge in [-0.1, -0.05) is 0 Å². The summed E-state index contributed by atoms with van der Waals surface area (Å²) < 4.78 is 0.552. The number of anilines is 1. The van der Waals surface area contributed by atoms with Crippen LogP contribution in [0.2, 0.25) is 0 Å². The molecule has 2 saturated heterocycles. The number of halogens is 1. The molecule has 0 radical (unpaired) electrons. The lowest BCUT2D eigenvalue weighted by molar-refractivity contribution is 0.273. The van der Waals surface area contributed by atoms with Crippen LogP contribution in [-0.4, -0.2) is 47.1 Å². The maximum atomic E-state index is 11.6. The number of H-pyrrole nitrogens is 1. The van der Waals surface area contributed by atoms with Crippen molar-refractivity contribution in [3.63, 3.8) is 0 Å². The molecular weight excluding hydrogens is 296 g/mol. The van der Waals surface area contributed by atoms with Crippen LogP contribution in [0.25, 0.3) is 0 Å². The average molecular weight is 313 g/mol. The summed E-state index contributed by atoms with van der Waals surface area (Å²) in [6, 6.07) is 0.625. The van der Waals surface area contributed by atoms with E-state index in [4.69, 9.17) is 0 Å². The Labute approximate surface area is 114 Å². The molecule has 1 N–H and O–H groups in total. The summed E-state index contributed by atoms with van der Waals surface area (Å²) in [4.78, 5) is 23.3. The van der Waals surface area contributed by atoms with E-state index in [2.05, 4.69) is 35.7 Å².